The van der Waals surface area contributed by atoms with E-state index in [1.165, 1.54) is 5.56 Å². The molecule has 2 heterocycles. The van der Waals surface area contributed by atoms with Gasteiger partial charge in [0.2, 0.25) is 0 Å². The summed E-state index contributed by atoms with van der Waals surface area (Å²) >= 11 is 1.60. The van der Waals surface area contributed by atoms with E-state index in [1.807, 2.05) is 50.2 Å². The van der Waals surface area contributed by atoms with Crippen molar-refractivity contribution in [1.82, 2.24) is 9.97 Å². The third-order valence-corrected chi connectivity index (χ3v) is 5.45. The highest BCUT2D eigenvalue weighted by atomic mass is 32.2. The van der Waals surface area contributed by atoms with E-state index in [2.05, 4.69) is 17.1 Å². The molecular formula is C22H20N2O2S. The summed E-state index contributed by atoms with van der Waals surface area (Å²) in [5, 5.41) is 1.84. The van der Waals surface area contributed by atoms with Gasteiger partial charge >= 0.3 is 5.63 Å². The number of aromatic amines is 1. The van der Waals surface area contributed by atoms with Crippen LogP contribution in [0.1, 0.15) is 28.1 Å². The summed E-state index contributed by atoms with van der Waals surface area (Å²) in [5.74, 6) is 0.656. The van der Waals surface area contributed by atoms with E-state index < -0.39 is 0 Å². The van der Waals surface area contributed by atoms with Crippen LogP contribution in [0.15, 0.2) is 69.0 Å². The molecule has 0 bridgehead atoms. The van der Waals surface area contributed by atoms with Crippen LogP contribution in [0.2, 0.25) is 0 Å². The van der Waals surface area contributed by atoms with E-state index in [1.54, 1.807) is 17.8 Å². The van der Waals surface area contributed by atoms with Gasteiger partial charge in [-0.25, -0.2) is 9.78 Å². The van der Waals surface area contributed by atoms with Crippen LogP contribution in [0.5, 0.6) is 0 Å². The summed E-state index contributed by atoms with van der Waals surface area (Å²) < 4.78 is 5.34. The Morgan fingerprint density at radius 3 is 2.70 bits per heavy atom. The highest BCUT2D eigenvalue weighted by Crippen LogP contribution is 2.26. The molecule has 0 aliphatic heterocycles. The van der Waals surface area contributed by atoms with Crippen molar-refractivity contribution in [2.45, 2.75) is 31.2 Å². The van der Waals surface area contributed by atoms with Crippen LogP contribution < -0.4 is 5.63 Å². The van der Waals surface area contributed by atoms with Crippen LogP contribution in [0.3, 0.4) is 0 Å². The van der Waals surface area contributed by atoms with Gasteiger partial charge in [0.05, 0.1) is 5.69 Å². The van der Waals surface area contributed by atoms with Crippen molar-refractivity contribution in [2.75, 3.05) is 0 Å². The molecule has 0 aliphatic carbocycles. The van der Waals surface area contributed by atoms with Gasteiger partial charge in [0.25, 0.3) is 0 Å². The van der Waals surface area contributed by atoms with Crippen LogP contribution in [0.25, 0.3) is 11.0 Å². The number of benzene rings is 2. The van der Waals surface area contributed by atoms with E-state index in [4.69, 9.17) is 9.40 Å². The van der Waals surface area contributed by atoms with Crippen molar-refractivity contribution in [3.63, 3.8) is 0 Å². The van der Waals surface area contributed by atoms with E-state index in [0.29, 0.717) is 11.3 Å². The van der Waals surface area contributed by atoms with Gasteiger partial charge in [0.15, 0.2) is 5.16 Å². The topological polar surface area (TPSA) is 58.9 Å². The number of nitrogens with zero attached hydrogens (tertiary/aromatic N) is 1. The Morgan fingerprint density at radius 1 is 1.07 bits per heavy atom. The predicted molar refractivity (Wildman–Crippen MR) is 109 cm³/mol. The third kappa shape index (κ3) is 3.98. The molecular weight excluding hydrogens is 356 g/mol. The second-order valence-corrected chi connectivity index (χ2v) is 7.62. The molecule has 1 N–H and O–H groups in total. The number of hydrogen-bond donors (Lipinski definition) is 1. The zero-order valence-electron chi connectivity index (χ0n) is 15.3. The number of H-pyrrole nitrogens is 1. The van der Waals surface area contributed by atoms with Gasteiger partial charge in [-0.2, -0.15) is 0 Å². The fraction of sp³-hybridized carbons (Fsp3) is 0.182. The first-order chi connectivity index (χ1) is 13.1. The first kappa shape index (κ1) is 17.6. The molecule has 4 rings (SSSR count). The van der Waals surface area contributed by atoms with Crippen LogP contribution in [0.4, 0.5) is 0 Å². The number of aryl methyl sites for hydroxylation is 2. The van der Waals surface area contributed by atoms with E-state index >= 15 is 0 Å². The summed E-state index contributed by atoms with van der Waals surface area (Å²) in [6.45, 7) is 4.03. The Labute approximate surface area is 161 Å². The predicted octanol–water partition coefficient (Wildman–Crippen LogP) is 5.02. The van der Waals surface area contributed by atoms with Crippen LogP contribution >= 0.6 is 11.8 Å². The number of fused-ring (bicyclic) bond motifs is 1. The van der Waals surface area contributed by atoms with Crippen molar-refractivity contribution < 1.29 is 4.42 Å². The average Bonchev–Trinajstić information content (AvgIpc) is 2.99. The first-order valence-corrected chi connectivity index (χ1v) is 9.82. The van der Waals surface area contributed by atoms with Crippen molar-refractivity contribution in [1.29, 1.82) is 0 Å². The molecule has 0 saturated heterocycles. The molecule has 0 radical (unpaired) electrons. The average molecular weight is 376 g/mol. The second-order valence-electron chi connectivity index (χ2n) is 6.65. The molecule has 136 valence electrons. The fourth-order valence-electron chi connectivity index (χ4n) is 3.10. The Hall–Kier alpha value is -2.79. The summed E-state index contributed by atoms with van der Waals surface area (Å²) in [4.78, 5) is 20.0. The molecule has 2 aromatic heterocycles. The largest absolute Gasteiger partial charge is 0.423 e. The Bertz CT molecular complexity index is 1150. The van der Waals surface area contributed by atoms with Crippen molar-refractivity contribution >= 4 is 22.7 Å². The minimum absolute atomic E-state index is 0.316. The molecule has 0 aliphatic rings. The van der Waals surface area contributed by atoms with Crippen LogP contribution in [-0.2, 0) is 12.2 Å². The molecule has 2 aromatic carbocycles. The Morgan fingerprint density at radius 2 is 1.89 bits per heavy atom. The molecule has 27 heavy (non-hydrogen) atoms. The number of nitrogens with one attached hydrogen (secondary N) is 1. The third-order valence-electron chi connectivity index (χ3n) is 4.53. The zero-order valence-corrected chi connectivity index (χ0v) is 16.1. The molecule has 0 fully saturated rings. The number of hydrogen-bond acceptors (Lipinski definition) is 4. The number of aromatic nitrogens is 2. The summed E-state index contributed by atoms with van der Waals surface area (Å²) in [7, 11) is 0. The zero-order chi connectivity index (χ0) is 18.8. The van der Waals surface area contributed by atoms with E-state index in [-0.39, 0.29) is 5.63 Å². The lowest BCUT2D eigenvalue weighted by molar-refractivity contribution is 0.559. The molecule has 4 aromatic rings. The summed E-state index contributed by atoms with van der Waals surface area (Å²) in [5.41, 5.74) is 5.73. The minimum atomic E-state index is -0.316. The lowest BCUT2D eigenvalue weighted by Gasteiger charge is -2.05. The van der Waals surface area contributed by atoms with Crippen LogP contribution in [0, 0.1) is 13.8 Å². The lowest BCUT2D eigenvalue weighted by atomic mass is 10.1. The first-order valence-electron chi connectivity index (χ1n) is 8.84. The lowest BCUT2D eigenvalue weighted by Crippen LogP contribution is -2.00. The van der Waals surface area contributed by atoms with E-state index in [9.17, 15) is 4.79 Å². The molecule has 0 amide bonds. The van der Waals surface area contributed by atoms with Crippen molar-refractivity contribution in [3.8, 4) is 0 Å². The smallest absolute Gasteiger partial charge is 0.336 e. The fourth-order valence-corrected chi connectivity index (χ4v) is 4.03. The quantitative estimate of drug-likeness (QED) is 0.393. The molecule has 4 nitrogen and oxygen atoms in total. The Balaban J connectivity index is 1.55. The highest BCUT2D eigenvalue weighted by molar-refractivity contribution is 7.98. The molecule has 0 spiro atoms. The molecule has 0 atom stereocenters. The summed E-state index contributed by atoms with van der Waals surface area (Å²) in [6, 6.07) is 17.8. The SMILES string of the molecule is Cc1ccc2c(CSc3nc(Cc4ccccc4)c(C)[nH]3)cc(=O)oc2c1. The molecule has 0 saturated carbocycles. The van der Waals surface area contributed by atoms with Gasteiger partial charge in [-0.05, 0) is 36.6 Å². The Kier molecular flexibility index (Phi) is 4.86. The van der Waals surface area contributed by atoms with Gasteiger partial charge < -0.3 is 9.40 Å². The standard InChI is InChI=1S/C22H20N2O2S/c1-14-8-9-18-17(12-21(25)26-20(18)10-14)13-27-22-23-15(2)19(24-22)11-16-6-4-3-5-7-16/h3-10,12H,11,13H2,1-2H3,(H,23,24). The summed E-state index contributed by atoms with van der Waals surface area (Å²) in [6.07, 6.45) is 0.806. The maximum absolute atomic E-state index is 11.9. The normalized spacial score (nSPS) is 11.2. The molecule has 5 heteroatoms. The van der Waals surface area contributed by atoms with Crippen molar-refractivity contribution in [2.24, 2.45) is 0 Å². The maximum atomic E-state index is 11.9. The maximum Gasteiger partial charge on any atom is 0.336 e. The van der Waals surface area contributed by atoms with Gasteiger partial charge in [-0.1, -0.05) is 54.2 Å². The number of rotatable bonds is 5. The van der Waals surface area contributed by atoms with Crippen LogP contribution in [-0.4, -0.2) is 9.97 Å². The van der Waals surface area contributed by atoms with Crippen molar-refractivity contribution in [3.05, 3.63) is 93.1 Å². The van der Waals surface area contributed by atoms with E-state index in [0.717, 1.165) is 39.5 Å². The second kappa shape index (κ2) is 7.45. The number of thioether (sulfide) groups is 1. The molecule has 0 unspecified atom stereocenters. The minimum Gasteiger partial charge on any atom is -0.423 e. The highest BCUT2D eigenvalue weighted by Gasteiger charge is 2.11. The van der Waals surface area contributed by atoms with Gasteiger partial charge in [0.1, 0.15) is 5.58 Å². The van der Waals surface area contributed by atoms with Gasteiger partial charge in [-0.3, -0.25) is 0 Å². The van der Waals surface area contributed by atoms with Gasteiger partial charge in [-0.15, -0.1) is 0 Å². The van der Waals surface area contributed by atoms with Gasteiger partial charge in [0, 0.05) is 29.3 Å². The number of imidazole rings is 1. The monoisotopic (exact) mass is 376 g/mol.